The molecule has 0 radical (unpaired) electrons. The highest BCUT2D eigenvalue weighted by atomic mass is 16.5. The summed E-state index contributed by atoms with van der Waals surface area (Å²) >= 11 is 0. The van der Waals surface area contributed by atoms with Gasteiger partial charge in [-0.15, -0.1) is 0 Å². The van der Waals surface area contributed by atoms with Gasteiger partial charge in [0.2, 0.25) is 5.89 Å². The van der Waals surface area contributed by atoms with Gasteiger partial charge in [-0.1, -0.05) is 25.9 Å². The zero-order chi connectivity index (χ0) is 12.3. The first-order valence-corrected chi connectivity index (χ1v) is 6.70. The first kappa shape index (κ1) is 12.6. The predicted molar refractivity (Wildman–Crippen MR) is 66.9 cm³/mol. The topological polar surface area (TPSA) is 51.0 Å². The molecule has 1 saturated heterocycles. The van der Waals surface area contributed by atoms with Gasteiger partial charge >= 0.3 is 0 Å². The van der Waals surface area contributed by atoms with Gasteiger partial charge < -0.3 is 9.84 Å². The van der Waals surface area contributed by atoms with Crippen LogP contribution in [0.25, 0.3) is 0 Å². The molecule has 4 nitrogen and oxygen atoms in total. The summed E-state index contributed by atoms with van der Waals surface area (Å²) in [4.78, 5) is 4.59. The average Bonchev–Trinajstić information content (AvgIpc) is 2.96. The normalized spacial score (nSPS) is 24.7. The lowest BCUT2D eigenvalue weighted by Gasteiger charge is -2.20. The molecule has 1 unspecified atom stereocenters. The number of aromatic nitrogens is 2. The second kappa shape index (κ2) is 5.17. The van der Waals surface area contributed by atoms with Gasteiger partial charge in [0, 0.05) is 13.0 Å². The molecule has 1 aromatic heterocycles. The Balaban J connectivity index is 2.06. The summed E-state index contributed by atoms with van der Waals surface area (Å²) in [6.07, 6.45) is 4.21. The number of rotatable bonds is 5. The van der Waals surface area contributed by atoms with Gasteiger partial charge in [-0.25, -0.2) is 0 Å². The highest BCUT2D eigenvalue weighted by Gasteiger charge is 2.39. The van der Waals surface area contributed by atoms with Crippen molar-refractivity contribution in [1.29, 1.82) is 0 Å². The lowest BCUT2D eigenvalue weighted by molar-refractivity contribution is 0.283. The van der Waals surface area contributed by atoms with E-state index in [1.54, 1.807) is 0 Å². The average molecular weight is 237 g/mol. The third kappa shape index (κ3) is 2.68. The van der Waals surface area contributed by atoms with Crippen LogP contribution in [0.5, 0.6) is 0 Å². The smallest absolute Gasteiger partial charge is 0.234 e. The third-order valence-corrected chi connectivity index (χ3v) is 3.79. The maximum Gasteiger partial charge on any atom is 0.234 e. The van der Waals surface area contributed by atoms with Crippen LogP contribution in [0.4, 0.5) is 0 Å². The van der Waals surface area contributed by atoms with Gasteiger partial charge in [-0.05, 0) is 31.7 Å². The highest BCUT2D eigenvalue weighted by Crippen LogP contribution is 2.32. The van der Waals surface area contributed by atoms with Crippen molar-refractivity contribution >= 4 is 0 Å². The van der Waals surface area contributed by atoms with Crippen molar-refractivity contribution in [3.63, 3.8) is 0 Å². The quantitative estimate of drug-likeness (QED) is 0.853. The van der Waals surface area contributed by atoms with E-state index in [4.69, 9.17) is 4.52 Å². The van der Waals surface area contributed by atoms with Crippen LogP contribution < -0.4 is 5.32 Å². The fraction of sp³-hybridized carbons (Fsp3) is 0.846. The molecule has 0 spiro atoms. The Morgan fingerprint density at radius 3 is 2.88 bits per heavy atom. The molecule has 0 saturated carbocycles. The van der Waals surface area contributed by atoms with E-state index in [0.29, 0.717) is 5.92 Å². The fourth-order valence-electron chi connectivity index (χ4n) is 2.37. The molecule has 1 aliphatic heterocycles. The summed E-state index contributed by atoms with van der Waals surface area (Å²) in [5.41, 5.74) is 0.0864. The minimum atomic E-state index is 0.0864. The molecule has 96 valence electrons. The first-order valence-electron chi connectivity index (χ1n) is 6.70. The van der Waals surface area contributed by atoms with Crippen molar-refractivity contribution in [3.8, 4) is 0 Å². The number of aryl methyl sites for hydroxylation is 1. The van der Waals surface area contributed by atoms with Crippen LogP contribution in [0, 0.1) is 5.92 Å². The minimum Gasteiger partial charge on any atom is -0.339 e. The Labute approximate surface area is 103 Å². The molecule has 0 aromatic carbocycles. The van der Waals surface area contributed by atoms with E-state index in [-0.39, 0.29) is 5.41 Å². The molecule has 4 heteroatoms. The Morgan fingerprint density at radius 1 is 1.47 bits per heavy atom. The fourth-order valence-corrected chi connectivity index (χ4v) is 2.37. The summed E-state index contributed by atoms with van der Waals surface area (Å²) in [5.74, 6) is 2.39. The SMILES string of the molecule is CCC1(c2nc(CCC(C)C)no2)CCNC1. The molecule has 1 N–H and O–H groups in total. The van der Waals surface area contributed by atoms with Crippen molar-refractivity contribution in [3.05, 3.63) is 11.7 Å². The summed E-state index contributed by atoms with van der Waals surface area (Å²) < 4.78 is 5.47. The molecule has 2 heterocycles. The molecule has 1 fully saturated rings. The first-order chi connectivity index (χ1) is 8.16. The molecule has 17 heavy (non-hydrogen) atoms. The van der Waals surface area contributed by atoms with Crippen LogP contribution >= 0.6 is 0 Å². The van der Waals surface area contributed by atoms with Crippen molar-refractivity contribution < 1.29 is 4.52 Å². The van der Waals surface area contributed by atoms with Gasteiger partial charge in [0.05, 0.1) is 5.41 Å². The summed E-state index contributed by atoms with van der Waals surface area (Å²) in [6, 6.07) is 0. The van der Waals surface area contributed by atoms with Gasteiger partial charge in [0.1, 0.15) is 0 Å². The second-order valence-electron chi connectivity index (χ2n) is 5.51. The van der Waals surface area contributed by atoms with Gasteiger partial charge in [0.15, 0.2) is 5.82 Å². The minimum absolute atomic E-state index is 0.0864. The van der Waals surface area contributed by atoms with E-state index >= 15 is 0 Å². The van der Waals surface area contributed by atoms with Crippen molar-refractivity contribution in [2.45, 2.75) is 51.9 Å². The van der Waals surface area contributed by atoms with E-state index in [0.717, 1.165) is 50.5 Å². The van der Waals surface area contributed by atoms with E-state index in [9.17, 15) is 0 Å². The van der Waals surface area contributed by atoms with E-state index in [2.05, 4.69) is 36.2 Å². The zero-order valence-corrected chi connectivity index (χ0v) is 11.1. The van der Waals surface area contributed by atoms with E-state index in [1.165, 1.54) is 0 Å². The molecule has 1 aliphatic rings. The van der Waals surface area contributed by atoms with Crippen LogP contribution in [-0.2, 0) is 11.8 Å². The van der Waals surface area contributed by atoms with Crippen molar-refractivity contribution in [2.75, 3.05) is 13.1 Å². The van der Waals surface area contributed by atoms with Crippen molar-refractivity contribution in [2.24, 2.45) is 5.92 Å². The molecule has 0 aliphatic carbocycles. The summed E-state index contributed by atoms with van der Waals surface area (Å²) in [5, 5.41) is 7.51. The number of nitrogens with zero attached hydrogens (tertiary/aromatic N) is 2. The largest absolute Gasteiger partial charge is 0.339 e. The van der Waals surface area contributed by atoms with E-state index < -0.39 is 0 Å². The Morgan fingerprint density at radius 2 is 2.29 bits per heavy atom. The van der Waals surface area contributed by atoms with Crippen LogP contribution in [0.15, 0.2) is 4.52 Å². The molecule has 1 atom stereocenters. The monoisotopic (exact) mass is 237 g/mol. The summed E-state index contributed by atoms with van der Waals surface area (Å²) in [6.45, 7) is 8.66. The Kier molecular flexibility index (Phi) is 3.82. The van der Waals surface area contributed by atoms with Gasteiger partial charge in [0.25, 0.3) is 0 Å². The lowest BCUT2D eigenvalue weighted by Crippen LogP contribution is -2.28. The van der Waals surface area contributed by atoms with Crippen molar-refractivity contribution in [1.82, 2.24) is 15.5 Å². The van der Waals surface area contributed by atoms with E-state index in [1.807, 2.05) is 0 Å². The number of hydrogen-bond acceptors (Lipinski definition) is 4. The van der Waals surface area contributed by atoms with Crippen LogP contribution in [0.2, 0.25) is 0 Å². The second-order valence-corrected chi connectivity index (χ2v) is 5.51. The number of hydrogen-bond donors (Lipinski definition) is 1. The van der Waals surface area contributed by atoms with Gasteiger partial charge in [-0.2, -0.15) is 4.98 Å². The molecular weight excluding hydrogens is 214 g/mol. The standard InChI is InChI=1S/C13H23N3O/c1-4-13(7-8-14-9-13)12-15-11(16-17-12)6-5-10(2)3/h10,14H,4-9H2,1-3H3. The number of nitrogens with one attached hydrogen (secondary N) is 1. The molecule has 1 aromatic rings. The maximum absolute atomic E-state index is 5.47. The summed E-state index contributed by atoms with van der Waals surface area (Å²) in [7, 11) is 0. The third-order valence-electron chi connectivity index (χ3n) is 3.79. The van der Waals surface area contributed by atoms with Crippen LogP contribution in [0.3, 0.4) is 0 Å². The molecule has 0 bridgehead atoms. The molecule has 2 rings (SSSR count). The Bertz CT molecular complexity index is 353. The highest BCUT2D eigenvalue weighted by molar-refractivity contribution is 5.09. The van der Waals surface area contributed by atoms with Gasteiger partial charge in [-0.3, -0.25) is 0 Å². The van der Waals surface area contributed by atoms with Crippen LogP contribution in [-0.4, -0.2) is 23.2 Å². The van der Waals surface area contributed by atoms with Crippen LogP contribution in [0.1, 0.15) is 51.7 Å². The molecular formula is C13H23N3O. The predicted octanol–water partition coefficient (Wildman–Crippen LogP) is 2.30. The zero-order valence-electron chi connectivity index (χ0n) is 11.1. The molecule has 0 amide bonds. The Hall–Kier alpha value is -0.900. The lowest BCUT2D eigenvalue weighted by atomic mass is 9.84. The maximum atomic E-state index is 5.47.